The van der Waals surface area contributed by atoms with Crippen molar-refractivity contribution in [3.63, 3.8) is 0 Å². The summed E-state index contributed by atoms with van der Waals surface area (Å²) in [5, 5.41) is 29.7. The lowest BCUT2D eigenvalue weighted by Gasteiger charge is -2.28. The number of nitriles is 2. The Morgan fingerprint density at radius 3 is 1.42 bits per heavy atom. The highest BCUT2D eigenvalue weighted by atomic mass is 16.5. The van der Waals surface area contributed by atoms with Crippen LogP contribution in [0.15, 0.2) is 97.1 Å². The van der Waals surface area contributed by atoms with Gasteiger partial charge in [-0.25, -0.2) is 4.79 Å². The van der Waals surface area contributed by atoms with Gasteiger partial charge in [0.25, 0.3) is 0 Å². The minimum atomic E-state index is -1.000. The summed E-state index contributed by atoms with van der Waals surface area (Å²) < 4.78 is 12.8. The van der Waals surface area contributed by atoms with Crippen molar-refractivity contribution in [3.8, 4) is 35.1 Å². The first-order valence-electron chi connectivity index (χ1n) is 16.0. The number of nitrogens with zero attached hydrogens (tertiary/aromatic N) is 2. The third kappa shape index (κ3) is 6.80. The molecule has 240 valence electrons. The molecule has 0 saturated carbocycles. The van der Waals surface area contributed by atoms with E-state index in [0.717, 1.165) is 33.4 Å². The van der Waals surface area contributed by atoms with Crippen molar-refractivity contribution in [3.05, 3.63) is 153 Å². The van der Waals surface area contributed by atoms with E-state index in [1.165, 1.54) is 0 Å². The van der Waals surface area contributed by atoms with Crippen molar-refractivity contribution in [2.24, 2.45) is 0 Å². The molecule has 5 rings (SSSR count). The Morgan fingerprint density at radius 1 is 0.583 bits per heavy atom. The van der Waals surface area contributed by atoms with Gasteiger partial charge in [0.2, 0.25) is 0 Å². The molecule has 0 atom stereocenters. The third-order valence-corrected chi connectivity index (χ3v) is 8.62. The van der Waals surface area contributed by atoms with E-state index < -0.39 is 11.9 Å². The van der Waals surface area contributed by atoms with Crippen LogP contribution >= 0.6 is 0 Å². The number of benzene rings is 5. The maximum Gasteiger partial charge on any atom is 0.335 e. The molecule has 0 fully saturated rings. The molecule has 0 aromatic heterocycles. The average molecular weight is 635 g/mol. The molecule has 0 spiro atoms. The molecule has 48 heavy (non-hydrogen) atoms. The quantitative estimate of drug-likeness (QED) is 0.153. The Labute approximate surface area is 282 Å². The predicted molar refractivity (Wildman–Crippen MR) is 187 cm³/mol. The van der Waals surface area contributed by atoms with Crippen molar-refractivity contribution < 1.29 is 19.4 Å². The molecular weight excluding hydrogens is 596 g/mol. The number of ether oxygens (including phenoxy) is 2. The van der Waals surface area contributed by atoms with Gasteiger partial charge in [-0.05, 0) is 107 Å². The summed E-state index contributed by atoms with van der Waals surface area (Å²) in [4.78, 5) is 12.7. The van der Waals surface area contributed by atoms with E-state index in [2.05, 4.69) is 52.0 Å². The van der Waals surface area contributed by atoms with E-state index in [4.69, 9.17) is 9.47 Å². The van der Waals surface area contributed by atoms with Crippen LogP contribution in [0.2, 0.25) is 0 Å². The fourth-order valence-corrected chi connectivity index (χ4v) is 6.11. The molecule has 5 aromatic carbocycles. The fraction of sp³-hybridized carbons (Fsp3) is 0.214. The fourth-order valence-electron chi connectivity index (χ4n) is 6.11. The van der Waals surface area contributed by atoms with E-state index in [1.807, 2.05) is 50.2 Å². The zero-order valence-electron chi connectivity index (χ0n) is 28.0. The van der Waals surface area contributed by atoms with Crippen LogP contribution in [0, 0.1) is 36.5 Å². The Morgan fingerprint density at radius 2 is 1.00 bits per heavy atom. The molecule has 0 heterocycles. The summed E-state index contributed by atoms with van der Waals surface area (Å²) in [6.45, 7) is 12.4. The molecule has 1 N–H and O–H groups in total. The van der Waals surface area contributed by atoms with Gasteiger partial charge in [0.05, 0.1) is 16.7 Å². The van der Waals surface area contributed by atoms with Gasteiger partial charge in [-0.3, -0.25) is 0 Å². The van der Waals surface area contributed by atoms with Gasteiger partial charge in [-0.1, -0.05) is 82.3 Å². The summed E-state index contributed by atoms with van der Waals surface area (Å²) in [6, 6.07) is 34.1. The van der Waals surface area contributed by atoms with Crippen LogP contribution in [0.3, 0.4) is 0 Å². The van der Waals surface area contributed by atoms with E-state index in [9.17, 15) is 20.4 Å². The second-order valence-electron chi connectivity index (χ2n) is 12.5. The van der Waals surface area contributed by atoms with Crippen LogP contribution in [0.1, 0.15) is 106 Å². The summed E-state index contributed by atoms with van der Waals surface area (Å²) in [5.41, 5.74) is 7.41. The molecule has 0 radical (unpaired) electrons. The monoisotopic (exact) mass is 634 g/mol. The highest BCUT2D eigenvalue weighted by Crippen LogP contribution is 2.44. The van der Waals surface area contributed by atoms with Crippen molar-refractivity contribution >= 4 is 5.97 Å². The smallest absolute Gasteiger partial charge is 0.335 e. The average Bonchev–Trinajstić information content (AvgIpc) is 3.07. The number of carbonyl (C=O) groups is 1. The lowest BCUT2D eigenvalue weighted by molar-refractivity contribution is 0.0695. The number of hydrogen-bond acceptors (Lipinski definition) is 5. The van der Waals surface area contributed by atoms with Gasteiger partial charge >= 0.3 is 5.97 Å². The van der Waals surface area contributed by atoms with Crippen LogP contribution in [-0.2, 0) is 0 Å². The van der Waals surface area contributed by atoms with Gasteiger partial charge in [-0.2, -0.15) is 10.5 Å². The predicted octanol–water partition coefficient (Wildman–Crippen LogP) is 10.8. The molecular formula is C42H38N2O4. The zero-order chi connectivity index (χ0) is 34.5. The highest BCUT2D eigenvalue weighted by molar-refractivity contribution is 5.90. The first kappa shape index (κ1) is 33.5. The lowest BCUT2D eigenvalue weighted by atomic mass is 9.77. The standard InChI is InChI=1S/C42H38N2O4/c1-25(2)33-21-35(27(5)19-39(33)47-37-17-11-7-13-29(37)23-43)41(31-15-9-10-16-32(31)42(45)46)36-22-34(26(3)4)40(20-28(36)6)48-38-18-12-8-14-30(38)24-44/h7-22,25-26,41H,1-6H3,(H,45,46). The molecule has 0 aliphatic heterocycles. The van der Waals surface area contributed by atoms with E-state index >= 15 is 0 Å². The number of aryl methyl sites for hydroxylation is 2. The lowest BCUT2D eigenvalue weighted by Crippen LogP contribution is -2.14. The minimum absolute atomic E-state index is 0.0623. The Balaban J connectivity index is 1.75. The molecule has 0 aliphatic carbocycles. The number of aromatic carboxylic acids is 1. The number of carboxylic acids is 1. The summed E-state index contributed by atoms with van der Waals surface area (Å²) >= 11 is 0. The van der Waals surface area contributed by atoms with Crippen LogP contribution in [0.5, 0.6) is 23.0 Å². The van der Waals surface area contributed by atoms with Crippen LogP contribution in [0.25, 0.3) is 0 Å². The number of hydrogen-bond donors (Lipinski definition) is 1. The van der Waals surface area contributed by atoms with E-state index in [-0.39, 0.29) is 17.4 Å². The maximum atomic E-state index is 12.7. The number of rotatable bonds is 10. The first-order chi connectivity index (χ1) is 23.0. The SMILES string of the molecule is Cc1cc(Oc2ccccc2C#N)c(C(C)C)cc1C(c1cc(C(C)C)c(Oc2ccccc2C#N)cc1C)c1ccccc1C(=O)O. The van der Waals surface area contributed by atoms with Crippen LogP contribution in [0.4, 0.5) is 0 Å². The molecule has 6 nitrogen and oxygen atoms in total. The highest BCUT2D eigenvalue weighted by Gasteiger charge is 2.28. The molecule has 6 heteroatoms. The van der Waals surface area contributed by atoms with E-state index in [1.54, 1.807) is 48.5 Å². The van der Waals surface area contributed by atoms with Crippen molar-refractivity contribution in [2.45, 2.75) is 59.3 Å². The van der Waals surface area contributed by atoms with Gasteiger partial charge < -0.3 is 14.6 Å². The van der Waals surface area contributed by atoms with Gasteiger partial charge in [-0.15, -0.1) is 0 Å². The van der Waals surface area contributed by atoms with Crippen molar-refractivity contribution in [2.75, 3.05) is 0 Å². The Kier molecular flexibility index (Phi) is 9.97. The molecule has 5 aromatic rings. The van der Waals surface area contributed by atoms with Crippen LogP contribution in [-0.4, -0.2) is 11.1 Å². The minimum Gasteiger partial charge on any atom is -0.478 e. The summed E-state index contributed by atoms with van der Waals surface area (Å²) in [7, 11) is 0. The number of carboxylic acid groups (broad SMARTS) is 1. The largest absolute Gasteiger partial charge is 0.478 e. The molecule has 0 saturated heterocycles. The Bertz CT molecular complexity index is 1960. The summed E-state index contributed by atoms with van der Waals surface area (Å²) in [6.07, 6.45) is 0. The second kappa shape index (κ2) is 14.3. The van der Waals surface area contributed by atoms with Gasteiger partial charge in [0.15, 0.2) is 0 Å². The zero-order valence-corrected chi connectivity index (χ0v) is 28.0. The van der Waals surface area contributed by atoms with E-state index in [0.29, 0.717) is 39.7 Å². The van der Waals surface area contributed by atoms with Crippen LogP contribution < -0.4 is 9.47 Å². The Hall–Kier alpha value is -5.85. The second-order valence-corrected chi connectivity index (χ2v) is 12.5. The van der Waals surface area contributed by atoms with Gasteiger partial charge in [0.1, 0.15) is 35.1 Å². The first-order valence-corrected chi connectivity index (χ1v) is 16.0. The molecule has 0 aliphatic rings. The topological polar surface area (TPSA) is 103 Å². The molecule has 0 bridgehead atoms. The molecule has 0 unspecified atom stereocenters. The third-order valence-electron chi connectivity index (χ3n) is 8.62. The number of para-hydroxylation sites is 2. The summed E-state index contributed by atoms with van der Waals surface area (Å²) in [5.74, 6) is 0.950. The normalized spacial score (nSPS) is 11.0. The van der Waals surface area contributed by atoms with Crippen molar-refractivity contribution in [1.82, 2.24) is 0 Å². The molecule has 0 amide bonds. The maximum absolute atomic E-state index is 12.7. The van der Waals surface area contributed by atoms with Crippen molar-refractivity contribution in [1.29, 1.82) is 10.5 Å². The van der Waals surface area contributed by atoms with Gasteiger partial charge in [0, 0.05) is 5.92 Å².